The smallest absolute Gasteiger partial charge is 0.313 e. The molecule has 0 aliphatic carbocycles. The lowest BCUT2D eigenvalue weighted by molar-refractivity contribution is -0.154. The van der Waals surface area contributed by atoms with E-state index in [0.717, 1.165) is 0 Å². The molecule has 1 aliphatic rings. The Morgan fingerprint density at radius 1 is 1.00 bits per heavy atom. The van der Waals surface area contributed by atoms with E-state index >= 15 is 0 Å². The van der Waals surface area contributed by atoms with Crippen molar-refractivity contribution in [3.8, 4) is 0 Å². The Kier molecular flexibility index (Phi) is 7.45. The molecule has 0 spiro atoms. The maximum absolute atomic E-state index is 12.0. The van der Waals surface area contributed by atoms with Crippen molar-refractivity contribution in [2.75, 3.05) is 32.9 Å². The molecule has 156 valence electrons. The van der Waals surface area contributed by atoms with Gasteiger partial charge < -0.3 is 14.2 Å². The summed E-state index contributed by atoms with van der Waals surface area (Å²) in [5.41, 5.74) is -1.82. The van der Waals surface area contributed by atoms with Gasteiger partial charge in [0, 0.05) is 13.1 Å². The molecule has 1 atom stereocenters. The van der Waals surface area contributed by atoms with E-state index < -0.39 is 16.2 Å². The van der Waals surface area contributed by atoms with Crippen LogP contribution in [0.5, 0.6) is 0 Å². The van der Waals surface area contributed by atoms with Gasteiger partial charge in [0.15, 0.2) is 0 Å². The maximum atomic E-state index is 12.0. The molecule has 27 heavy (non-hydrogen) atoms. The lowest BCUT2D eigenvalue weighted by atomic mass is 9.86. The third-order valence-corrected chi connectivity index (χ3v) is 4.62. The fourth-order valence-electron chi connectivity index (χ4n) is 2.61. The third kappa shape index (κ3) is 6.48. The number of esters is 3. The molecular formula is C20H35NO6. The molecular weight excluding hydrogens is 350 g/mol. The van der Waals surface area contributed by atoms with Crippen LogP contribution in [0, 0.1) is 16.2 Å². The molecule has 1 rings (SSSR count). The predicted octanol–water partition coefficient (Wildman–Crippen LogP) is 2.42. The average molecular weight is 386 g/mol. The molecule has 0 bridgehead atoms. The monoisotopic (exact) mass is 385 g/mol. The summed E-state index contributed by atoms with van der Waals surface area (Å²) in [7, 11) is 0. The van der Waals surface area contributed by atoms with E-state index in [1.165, 1.54) is 0 Å². The van der Waals surface area contributed by atoms with Gasteiger partial charge in [-0.1, -0.05) is 0 Å². The van der Waals surface area contributed by atoms with Crippen molar-refractivity contribution in [1.82, 2.24) is 4.90 Å². The van der Waals surface area contributed by atoms with Crippen LogP contribution >= 0.6 is 0 Å². The first-order valence-corrected chi connectivity index (χ1v) is 9.43. The van der Waals surface area contributed by atoms with Crippen LogP contribution in [0.15, 0.2) is 0 Å². The standard InChI is InChI=1S/C20H35NO6/c1-18(2,3)15(22)25-11-9-21(10-12-26-16(23)19(4,5)6)14-13-27-17(24)20(14,7)8/h14H,9-13H2,1-8H3. The summed E-state index contributed by atoms with van der Waals surface area (Å²) >= 11 is 0. The molecule has 1 saturated heterocycles. The highest BCUT2D eigenvalue weighted by atomic mass is 16.5. The number of hydrogen-bond donors (Lipinski definition) is 0. The van der Waals surface area contributed by atoms with E-state index in [9.17, 15) is 14.4 Å². The van der Waals surface area contributed by atoms with E-state index in [2.05, 4.69) is 0 Å². The summed E-state index contributed by atoms with van der Waals surface area (Å²) in [5, 5.41) is 0. The summed E-state index contributed by atoms with van der Waals surface area (Å²) in [6, 6.07) is -0.174. The Hall–Kier alpha value is -1.63. The Labute approximate surface area is 162 Å². The molecule has 7 heteroatoms. The zero-order valence-corrected chi connectivity index (χ0v) is 18.0. The highest BCUT2D eigenvalue weighted by molar-refractivity contribution is 5.79. The number of nitrogens with zero attached hydrogens (tertiary/aromatic N) is 1. The second-order valence-electron chi connectivity index (χ2n) is 9.64. The molecule has 1 aliphatic heterocycles. The van der Waals surface area contributed by atoms with Crippen molar-refractivity contribution in [3.05, 3.63) is 0 Å². The Bertz CT molecular complexity index is 524. The van der Waals surface area contributed by atoms with Gasteiger partial charge in [0.1, 0.15) is 19.8 Å². The quantitative estimate of drug-likeness (QED) is 0.492. The lowest BCUT2D eigenvalue weighted by Crippen LogP contribution is -2.48. The second kappa shape index (κ2) is 8.59. The molecule has 0 radical (unpaired) electrons. The van der Waals surface area contributed by atoms with Crippen LogP contribution in [-0.2, 0) is 28.6 Å². The average Bonchev–Trinajstić information content (AvgIpc) is 2.77. The number of ether oxygens (including phenoxy) is 3. The molecule has 0 aromatic heterocycles. The molecule has 0 amide bonds. The third-order valence-electron chi connectivity index (χ3n) is 4.62. The van der Waals surface area contributed by atoms with Gasteiger partial charge >= 0.3 is 17.9 Å². The van der Waals surface area contributed by atoms with Crippen LogP contribution in [0.25, 0.3) is 0 Å². The first-order chi connectivity index (χ1) is 12.2. The normalized spacial score (nSPS) is 19.7. The number of cyclic esters (lactones) is 1. The number of rotatable bonds is 7. The van der Waals surface area contributed by atoms with Gasteiger partial charge in [-0.25, -0.2) is 0 Å². The van der Waals surface area contributed by atoms with Crippen LogP contribution in [-0.4, -0.2) is 61.8 Å². The second-order valence-corrected chi connectivity index (χ2v) is 9.64. The summed E-state index contributed by atoms with van der Waals surface area (Å²) in [5.74, 6) is -0.810. The predicted molar refractivity (Wildman–Crippen MR) is 101 cm³/mol. The van der Waals surface area contributed by atoms with Gasteiger partial charge in [-0.05, 0) is 55.4 Å². The molecule has 0 saturated carbocycles. The largest absolute Gasteiger partial charge is 0.464 e. The van der Waals surface area contributed by atoms with Gasteiger partial charge in [-0.3, -0.25) is 19.3 Å². The van der Waals surface area contributed by atoms with Crippen molar-refractivity contribution in [2.45, 2.75) is 61.4 Å². The molecule has 0 aromatic rings. The highest BCUT2D eigenvalue weighted by Gasteiger charge is 2.47. The fourth-order valence-corrected chi connectivity index (χ4v) is 2.61. The zero-order valence-electron chi connectivity index (χ0n) is 18.0. The van der Waals surface area contributed by atoms with Crippen LogP contribution in [0.4, 0.5) is 0 Å². The minimum Gasteiger partial charge on any atom is -0.464 e. The van der Waals surface area contributed by atoms with E-state index in [1.807, 2.05) is 18.7 Å². The Morgan fingerprint density at radius 3 is 1.70 bits per heavy atom. The molecule has 1 unspecified atom stereocenters. The van der Waals surface area contributed by atoms with Crippen molar-refractivity contribution in [3.63, 3.8) is 0 Å². The number of carbonyl (C=O) groups is 3. The van der Waals surface area contributed by atoms with Crippen molar-refractivity contribution in [1.29, 1.82) is 0 Å². The SMILES string of the molecule is CC(C)(C)C(=O)OCCN(CCOC(=O)C(C)(C)C)C1COC(=O)C1(C)C. The van der Waals surface area contributed by atoms with Gasteiger partial charge in [-0.15, -0.1) is 0 Å². The van der Waals surface area contributed by atoms with Gasteiger partial charge in [0.25, 0.3) is 0 Å². The van der Waals surface area contributed by atoms with E-state index in [4.69, 9.17) is 14.2 Å². The highest BCUT2D eigenvalue weighted by Crippen LogP contribution is 2.33. The van der Waals surface area contributed by atoms with Gasteiger partial charge in [0.05, 0.1) is 22.3 Å². The van der Waals surface area contributed by atoms with Crippen molar-refractivity contribution < 1.29 is 28.6 Å². The summed E-state index contributed by atoms with van der Waals surface area (Å²) < 4.78 is 15.9. The summed E-state index contributed by atoms with van der Waals surface area (Å²) in [6.07, 6.45) is 0. The Balaban J connectivity index is 2.71. The topological polar surface area (TPSA) is 82.1 Å². The van der Waals surface area contributed by atoms with E-state index in [1.54, 1.807) is 41.5 Å². The summed E-state index contributed by atoms with van der Waals surface area (Å²) in [4.78, 5) is 38.0. The fraction of sp³-hybridized carbons (Fsp3) is 0.850. The van der Waals surface area contributed by atoms with Crippen molar-refractivity contribution in [2.24, 2.45) is 16.2 Å². The molecule has 0 N–H and O–H groups in total. The molecule has 1 heterocycles. The van der Waals surface area contributed by atoms with Crippen LogP contribution in [0.2, 0.25) is 0 Å². The van der Waals surface area contributed by atoms with Crippen molar-refractivity contribution >= 4 is 17.9 Å². The van der Waals surface area contributed by atoms with Gasteiger partial charge in [-0.2, -0.15) is 0 Å². The molecule has 7 nitrogen and oxygen atoms in total. The molecule has 1 fully saturated rings. The first-order valence-electron chi connectivity index (χ1n) is 9.43. The zero-order chi connectivity index (χ0) is 21.0. The number of carbonyl (C=O) groups excluding carboxylic acids is 3. The first kappa shape index (κ1) is 23.4. The van der Waals surface area contributed by atoms with Gasteiger partial charge in [0.2, 0.25) is 0 Å². The van der Waals surface area contributed by atoms with E-state index in [0.29, 0.717) is 13.1 Å². The number of hydrogen-bond acceptors (Lipinski definition) is 7. The minimum absolute atomic E-state index is 0.174. The molecule has 0 aromatic carbocycles. The lowest BCUT2D eigenvalue weighted by Gasteiger charge is -2.34. The van der Waals surface area contributed by atoms with Crippen LogP contribution in [0.1, 0.15) is 55.4 Å². The van der Waals surface area contributed by atoms with E-state index in [-0.39, 0.29) is 43.8 Å². The van der Waals surface area contributed by atoms with Crippen LogP contribution in [0.3, 0.4) is 0 Å². The van der Waals surface area contributed by atoms with Crippen LogP contribution < -0.4 is 0 Å². The maximum Gasteiger partial charge on any atom is 0.313 e. The minimum atomic E-state index is -0.678. The Morgan fingerprint density at radius 2 is 1.41 bits per heavy atom. The summed E-state index contributed by atoms with van der Waals surface area (Å²) in [6.45, 7) is 16.0.